The summed E-state index contributed by atoms with van der Waals surface area (Å²) in [5, 5.41) is 15.6. The van der Waals surface area contributed by atoms with Crippen LogP contribution in [0, 0.1) is 0 Å². The van der Waals surface area contributed by atoms with Crippen molar-refractivity contribution in [1.29, 1.82) is 0 Å². The molecule has 0 fully saturated rings. The molecule has 0 aliphatic rings. The van der Waals surface area contributed by atoms with Crippen LogP contribution in [-0.2, 0) is 5.41 Å². The van der Waals surface area contributed by atoms with Gasteiger partial charge in [0, 0.05) is 24.6 Å². The minimum Gasteiger partial charge on any atom is -0.395 e. The second kappa shape index (κ2) is 8.02. The van der Waals surface area contributed by atoms with E-state index in [0.29, 0.717) is 18.9 Å². The van der Waals surface area contributed by atoms with Crippen LogP contribution in [0.25, 0.3) is 0 Å². The predicted octanol–water partition coefficient (Wildman–Crippen LogP) is 2.99. The SMILES string of the molecule is CCCCCN(CCO)C(=O)Nc1cc(C(C)(C)C)on1. The summed E-state index contributed by atoms with van der Waals surface area (Å²) in [6.45, 7) is 9.06. The fraction of sp³-hybridized carbons (Fsp3) is 0.733. The third-order valence-electron chi connectivity index (χ3n) is 3.17. The summed E-state index contributed by atoms with van der Waals surface area (Å²) in [5.74, 6) is 1.13. The lowest BCUT2D eigenvalue weighted by Gasteiger charge is -2.21. The standard InChI is InChI=1S/C15H27N3O3/c1-5-6-7-8-18(9-10-19)14(20)16-13-11-12(21-17-13)15(2,3)4/h11,19H,5-10H2,1-4H3,(H,16,17,20). The molecule has 0 unspecified atom stereocenters. The summed E-state index contributed by atoms with van der Waals surface area (Å²) in [5.41, 5.74) is -0.151. The molecule has 1 aromatic heterocycles. The van der Waals surface area contributed by atoms with Crippen molar-refractivity contribution in [2.75, 3.05) is 25.0 Å². The van der Waals surface area contributed by atoms with Gasteiger partial charge in [0.25, 0.3) is 0 Å². The Kier molecular flexibility index (Phi) is 6.68. The maximum absolute atomic E-state index is 12.2. The molecule has 120 valence electrons. The lowest BCUT2D eigenvalue weighted by molar-refractivity contribution is 0.187. The molecular formula is C15H27N3O3. The van der Waals surface area contributed by atoms with Crippen LogP contribution in [-0.4, -0.2) is 40.9 Å². The molecule has 6 heteroatoms. The molecule has 0 saturated heterocycles. The van der Waals surface area contributed by atoms with Crippen molar-refractivity contribution in [2.24, 2.45) is 0 Å². The van der Waals surface area contributed by atoms with Crippen molar-refractivity contribution < 1.29 is 14.4 Å². The third-order valence-corrected chi connectivity index (χ3v) is 3.17. The smallest absolute Gasteiger partial charge is 0.323 e. The van der Waals surface area contributed by atoms with Crippen LogP contribution in [0.4, 0.5) is 10.6 Å². The van der Waals surface area contributed by atoms with Crippen LogP contribution in [0.5, 0.6) is 0 Å². The summed E-state index contributed by atoms with van der Waals surface area (Å²) >= 11 is 0. The zero-order chi connectivity index (χ0) is 15.9. The van der Waals surface area contributed by atoms with E-state index in [1.54, 1.807) is 11.0 Å². The first-order valence-corrected chi connectivity index (χ1v) is 7.52. The monoisotopic (exact) mass is 297 g/mol. The summed E-state index contributed by atoms with van der Waals surface area (Å²) < 4.78 is 5.24. The average Bonchev–Trinajstić information content (AvgIpc) is 2.86. The Morgan fingerprint density at radius 2 is 2.10 bits per heavy atom. The maximum atomic E-state index is 12.2. The van der Waals surface area contributed by atoms with E-state index in [2.05, 4.69) is 17.4 Å². The first kappa shape index (κ1) is 17.5. The average molecular weight is 297 g/mol. The Morgan fingerprint density at radius 1 is 1.38 bits per heavy atom. The number of anilines is 1. The number of carbonyl (C=O) groups is 1. The number of unbranched alkanes of at least 4 members (excludes halogenated alkanes) is 2. The van der Waals surface area contributed by atoms with Gasteiger partial charge in [-0.15, -0.1) is 0 Å². The zero-order valence-electron chi connectivity index (χ0n) is 13.5. The molecule has 1 heterocycles. The van der Waals surface area contributed by atoms with Gasteiger partial charge in [-0.25, -0.2) is 4.79 Å². The van der Waals surface area contributed by atoms with Gasteiger partial charge in [0.2, 0.25) is 0 Å². The highest BCUT2D eigenvalue weighted by Crippen LogP contribution is 2.24. The number of aromatic nitrogens is 1. The van der Waals surface area contributed by atoms with E-state index in [4.69, 9.17) is 9.63 Å². The highest BCUT2D eigenvalue weighted by molar-refractivity contribution is 5.88. The number of hydrogen-bond acceptors (Lipinski definition) is 4. The summed E-state index contributed by atoms with van der Waals surface area (Å²) in [4.78, 5) is 13.8. The minimum atomic E-state index is -0.256. The molecule has 0 aliphatic heterocycles. The van der Waals surface area contributed by atoms with Crippen molar-refractivity contribution in [3.63, 3.8) is 0 Å². The van der Waals surface area contributed by atoms with Gasteiger partial charge in [-0.05, 0) is 6.42 Å². The molecule has 0 atom stereocenters. The van der Waals surface area contributed by atoms with E-state index in [0.717, 1.165) is 25.0 Å². The Morgan fingerprint density at radius 3 is 2.62 bits per heavy atom. The van der Waals surface area contributed by atoms with E-state index in [-0.39, 0.29) is 18.1 Å². The quantitative estimate of drug-likeness (QED) is 0.758. The lowest BCUT2D eigenvalue weighted by atomic mass is 9.93. The fourth-order valence-electron chi connectivity index (χ4n) is 1.86. The van der Waals surface area contributed by atoms with Gasteiger partial charge in [0.15, 0.2) is 5.82 Å². The highest BCUT2D eigenvalue weighted by Gasteiger charge is 2.21. The number of nitrogens with one attached hydrogen (secondary N) is 1. The maximum Gasteiger partial charge on any atom is 0.323 e. The van der Waals surface area contributed by atoms with Gasteiger partial charge < -0.3 is 14.5 Å². The van der Waals surface area contributed by atoms with Gasteiger partial charge >= 0.3 is 6.03 Å². The number of carbonyl (C=O) groups excluding carboxylic acids is 1. The van der Waals surface area contributed by atoms with Crippen LogP contribution >= 0.6 is 0 Å². The molecule has 2 N–H and O–H groups in total. The van der Waals surface area contributed by atoms with Gasteiger partial charge in [0.1, 0.15) is 5.76 Å². The number of rotatable bonds is 7. The van der Waals surface area contributed by atoms with Crippen LogP contribution in [0.2, 0.25) is 0 Å². The van der Waals surface area contributed by atoms with E-state index in [1.165, 1.54) is 0 Å². The van der Waals surface area contributed by atoms with Crippen LogP contribution < -0.4 is 5.32 Å². The molecule has 0 saturated carbocycles. The lowest BCUT2D eigenvalue weighted by Crippen LogP contribution is -2.37. The molecule has 0 aromatic carbocycles. The van der Waals surface area contributed by atoms with Crippen molar-refractivity contribution in [3.05, 3.63) is 11.8 Å². The molecule has 0 bridgehead atoms. The molecule has 0 spiro atoms. The van der Waals surface area contributed by atoms with Gasteiger partial charge in [-0.3, -0.25) is 5.32 Å². The summed E-state index contributed by atoms with van der Waals surface area (Å²) in [7, 11) is 0. The number of amides is 2. The largest absolute Gasteiger partial charge is 0.395 e. The topological polar surface area (TPSA) is 78.6 Å². The van der Waals surface area contributed by atoms with E-state index >= 15 is 0 Å². The van der Waals surface area contributed by atoms with E-state index in [9.17, 15) is 4.79 Å². The molecule has 1 aromatic rings. The van der Waals surface area contributed by atoms with E-state index < -0.39 is 0 Å². The Bertz CT molecular complexity index is 438. The number of urea groups is 1. The van der Waals surface area contributed by atoms with Crippen LogP contribution in [0.3, 0.4) is 0 Å². The van der Waals surface area contributed by atoms with Crippen molar-refractivity contribution in [2.45, 2.75) is 52.4 Å². The van der Waals surface area contributed by atoms with E-state index in [1.807, 2.05) is 20.8 Å². The van der Waals surface area contributed by atoms with Crippen molar-refractivity contribution >= 4 is 11.8 Å². The van der Waals surface area contributed by atoms with Crippen molar-refractivity contribution in [1.82, 2.24) is 10.1 Å². The minimum absolute atomic E-state index is 0.0500. The van der Waals surface area contributed by atoms with Crippen LogP contribution in [0.15, 0.2) is 10.6 Å². The number of hydrogen-bond donors (Lipinski definition) is 2. The summed E-state index contributed by atoms with van der Waals surface area (Å²) in [6.07, 6.45) is 3.08. The molecule has 0 radical (unpaired) electrons. The first-order chi connectivity index (χ1) is 9.88. The van der Waals surface area contributed by atoms with Crippen molar-refractivity contribution in [3.8, 4) is 0 Å². The number of aliphatic hydroxyl groups excluding tert-OH is 1. The van der Waals surface area contributed by atoms with Gasteiger partial charge in [-0.1, -0.05) is 45.7 Å². The number of aliphatic hydroxyl groups is 1. The van der Waals surface area contributed by atoms with Gasteiger partial charge in [-0.2, -0.15) is 0 Å². The molecule has 21 heavy (non-hydrogen) atoms. The van der Waals surface area contributed by atoms with Crippen LogP contribution in [0.1, 0.15) is 52.7 Å². The Balaban J connectivity index is 2.61. The molecule has 1 rings (SSSR count). The second-order valence-corrected chi connectivity index (χ2v) is 6.17. The molecular weight excluding hydrogens is 270 g/mol. The first-order valence-electron chi connectivity index (χ1n) is 7.52. The Hall–Kier alpha value is -1.56. The second-order valence-electron chi connectivity index (χ2n) is 6.17. The summed E-state index contributed by atoms with van der Waals surface area (Å²) in [6, 6.07) is 1.48. The normalized spacial score (nSPS) is 11.5. The Labute approximate surface area is 126 Å². The fourth-order valence-corrected chi connectivity index (χ4v) is 1.86. The van der Waals surface area contributed by atoms with Gasteiger partial charge in [0.05, 0.1) is 6.61 Å². The molecule has 0 aliphatic carbocycles. The predicted molar refractivity (Wildman–Crippen MR) is 82.4 cm³/mol. The molecule has 2 amide bonds. The number of nitrogens with zero attached hydrogens (tertiary/aromatic N) is 2. The zero-order valence-corrected chi connectivity index (χ0v) is 13.5. The highest BCUT2D eigenvalue weighted by atomic mass is 16.5. The molecule has 6 nitrogen and oxygen atoms in total. The third kappa shape index (κ3) is 5.75.